The van der Waals surface area contributed by atoms with E-state index in [0.29, 0.717) is 36.3 Å². The molecule has 2 heterocycles. The Kier molecular flexibility index (Phi) is 5.23. The van der Waals surface area contributed by atoms with Gasteiger partial charge in [0.25, 0.3) is 11.8 Å². The van der Waals surface area contributed by atoms with E-state index >= 15 is 0 Å². The van der Waals surface area contributed by atoms with Crippen LogP contribution in [0, 0.1) is 11.3 Å². The lowest BCUT2D eigenvalue weighted by Gasteiger charge is -2.29. The van der Waals surface area contributed by atoms with Crippen molar-refractivity contribution in [2.75, 3.05) is 31.1 Å². The molecule has 2 aliphatic rings. The molecule has 0 N–H and O–H groups in total. The van der Waals surface area contributed by atoms with Gasteiger partial charge in [0.05, 0.1) is 22.8 Å². The fourth-order valence-electron chi connectivity index (χ4n) is 4.08. The molecule has 1 fully saturated rings. The maximum atomic E-state index is 13.1. The highest BCUT2D eigenvalue weighted by Gasteiger charge is 2.41. The number of anilines is 1. The van der Waals surface area contributed by atoms with E-state index in [4.69, 9.17) is 5.26 Å². The average Bonchev–Trinajstić information content (AvgIpc) is 2.94. The molecule has 2 aromatic carbocycles. The SMILES string of the molecule is CC(C(=O)N1CCCN(c2ccc(C#N)cc2)CC1)N1C(=O)c2ccccc2C1=O. The fourth-order valence-corrected chi connectivity index (χ4v) is 4.08. The summed E-state index contributed by atoms with van der Waals surface area (Å²) in [5, 5.41) is 8.96. The standard InChI is InChI=1S/C23H22N4O3/c1-16(27-22(29)19-5-2-3-6-20(19)23(27)30)21(28)26-12-4-11-25(13-14-26)18-9-7-17(15-24)8-10-18/h2-3,5-10,16H,4,11-14H2,1H3. The summed E-state index contributed by atoms with van der Waals surface area (Å²) in [4.78, 5) is 43.5. The van der Waals surface area contributed by atoms with Crippen molar-refractivity contribution < 1.29 is 14.4 Å². The van der Waals surface area contributed by atoms with Crippen molar-refractivity contribution in [2.45, 2.75) is 19.4 Å². The normalized spacial score (nSPS) is 17.4. The summed E-state index contributed by atoms with van der Waals surface area (Å²) in [5.41, 5.74) is 2.33. The van der Waals surface area contributed by atoms with Crippen LogP contribution in [0.3, 0.4) is 0 Å². The van der Waals surface area contributed by atoms with E-state index in [1.165, 1.54) is 0 Å². The summed E-state index contributed by atoms with van der Waals surface area (Å²) in [6, 6.07) is 15.3. The number of carbonyl (C=O) groups is 3. The third-order valence-electron chi connectivity index (χ3n) is 5.74. The lowest BCUT2D eigenvalue weighted by Crippen LogP contribution is -2.50. The Balaban J connectivity index is 1.44. The second-order valence-corrected chi connectivity index (χ2v) is 7.53. The van der Waals surface area contributed by atoms with Crippen molar-refractivity contribution in [1.82, 2.24) is 9.80 Å². The molecule has 152 valence electrons. The summed E-state index contributed by atoms with van der Waals surface area (Å²) in [5.74, 6) is -1.04. The van der Waals surface area contributed by atoms with Crippen molar-refractivity contribution in [3.05, 3.63) is 65.2 Å². The van der Waals surface area contributed by atoms with Crippen molar-refractivity contribution in [1.29, 1.82) is 5.26 Å². The summed E-state index contributed by atoms with van der Waals surface area (Å²) in [6.45, 7) is 4.13. The van der Waals surface area contributed by atoms with Crippen LogP contribution < -0.4 is 4.90 Å². The molecule has 0 aliphatic carbocycles. The Hall–Kier alpha value is -3.66. The number of hydrogen-bond donors (Lipinski definition) is 0. The molecule has 1 unspecified atom stereocenters. The highest BCUT2D eigenvalue weighted by Crippen LogP contribution is 2.25. The number of benzene rings is 2. The smallest absolute Gasteiger partial charge is 0.262 e. The third kappa shape index (κ3) is 3.41. The van der Waals surface area contributed by atoms with E-state index in [1.807, 2.05) is 12.1 Å². The first-order valence-electron chi connectivity index (χ1n) is 10.0. The van der Waals surface area contributed by atoms with E-state index in [2.05, 4.69) is 11.0 Å². The minimum Gasteiger partial charge on any atom is -0.370 e. The number of imide groups is 1. The topological polar surface area (TPSA) is 84.7 Å². The van der Waals surface area contributed by atoms with Gasteiger partial charge in [-0.3, -0.25) is 19.3 Å². The number of rotatable bonds is 3. The summed E-state index contributed by atoms with van der Waals surface area (Å²) in [6.07, 6.45) is 0.778. The lowest BCUT2D eigenvalue weighted by molar-refractivity contribution is -0.134. The first-order valence-corrected chi connectivity index (χ1v) is 10.0. The Morgan fingerprint density at radius 2 is 1.57 bits per heavy atom. The predicted octanol–water partition coefficient (Wildman–Crippen LogP) is 2.28. The van der Waals surface area contributed by atoms with E-state index < -0.39 is 17.9 Å². The number of nitrogens with zero attached hydrogens (tertiary/aromatic N) is 4. The van der Waals surface area contributed by atoms with Crippen LogP contribution >= 0.6 is 0 Å². The van der Waals surface area contributed by atoms with Gasteiger partial charge >= 0.3 is 0 Å². The minimum atomic E-state index is -0.848. The molecular weight excluding hydrogens is 380 g/mol. The molecule has 0 aromatic heterocycles. The molecule has 1 atom stereocenters. The van der Waals surface area contributed by atoms with Crippen LogP contribution in [0.15, 0.2) is 48.5 Å². The van der Waals surface area contributed by atoms with E-state index in [1.54, 1.807) is 48.2 Å². The van der Waals surface area contributed by atoms with E-state index in [0.717, 1.165) is 23.6 Å². The number of carbonyl (C=O) groups excluding carboxylic acids is 3. The van der Waals surface area contributed by atoms with Gasteiger partial charge in [-0.1, -0.05) is 12.1 Å². The largest absolute Gasteiger partial charge is 0.370 e. The number of hydrogen-bond acceptors (Lipinski definition) is 5. The zero-order valence-electron chi connectivity index (χ0n) is 16.7. The van der Waals surface area contributed by atoms with Crippen LogP contribution in [-0.4, -0.2) is 59.7 Å². The molecule has 0 radical (unpaired) electrons. The van der Waals surface area contributed by atoms with Crippen molar-refractivity contribution in [3.8, 4) is 6.07 Å². The second kappa shape index (κ2) is 7.99. The lowest BCUT2D eigenvalue weighted by atomic mass is 10.1. The molecule has 2 aliphatic heterocycles. The summed E-state index contributed by atoms with van der Waals surface area (Å²) in [7, 11) is 0. The maximum absolute atomic E-state index is 13.1. The molecule has 1 saturated heterocycles. The highest BCUT2D eigenvalue weighted by molar-refractivity contribution is 6.22. The van der Waals surface area contributed by atoms with Gasteiger partial charge in [-0.15, -0.1) is 0 Å². The molecule has 4 rings (SSSR count). The highest BCUT2D eigenvalue weighted by atomic mass is 16.2. The molecular formula is C23H22N4O3. The number of amides is 3. The van der Waals surface area contributed by atoms with Gasteiger partial charge in [-0.25, -0.2) is 0 Å². The van der Waals surface area contributed by atoms with Crippen LogP contribution in [0.25, 0.3) is 0 Å². The van der Waals surface area contributed by atoms with Crippen LogP contribution in [0.5, 0.6) is 0 Å². The molecule has 0 saturated carbocycles. The minimum absolute atomic E-state index is 0.216. The van der Waals surface area contributed by atoms with Crippen LogP contribution in [0.4, 0.5) is 5.69 Å². The van der Waals surface area contributed by atoms with Gasteiger partial charge in [0.2, 0.25) is 5.91 Å². The van der Waals surface area contributed by atoms with Gasteiger partial charge in [0.15, 0.2) is 0 Å². The van der Waals surface area contributed by atoms with Crippen LogP contribution in [0.1, 0.15) is 39.6 Å². The maximum Gasteiger partial charge on any atom is 0.262 e. The first-order chi connectivity index (χ1) is 14.5. The van der Waals surface area contributed by atoms with Gasteiger partial charge in [0.1, 0.15) is 6.04 Å². The van der Waals surface area contributed by atoms with Gasteiger partial charge in [0, 0.05) is 31.9 Å². The molecule has 0 bridgehead atoms. The predicted molar refractivity (Wildman–Crippen MR) is 111 cm³/mol. The first kappa shape index (κ1) is 19.6. The molecule has 30 heavy (non-hydrogen) atoms. The van der Waals surface area contributed by atoms with E-state index in [-0.39, 0.29) is 5.91 Å². The van der Waals surface area contributed by atoms with Crippen molar-refractivity contribution in [2.24, 2.45) is 0 Å². The average molecular weight is 402 g/mol. The fraction of sp³-hybridized carbons (Fsp3) is 0.304. The quantitative estimate of drug-likeness (QED) is 0.736. The summed E-state index contributed by atoms with van der Waals surface area (Å²) >= 11 is 0. The van der Waals surface area contributed by atoms with Gasteiger partial charge < -0.3 is 9.80 Å². The molecule has 7 nitrogen and oxygen atoms in total. The third-order valence-corrected chi connectivity index (χ3v) is 5.74. The van der Waals surface area contributed by atoms with Gasteiger partial charge in [-0.05, 0) is 49.7 Å². The zero-order valence-corrected chi connectivity index (χ0v) is 16.7. The Morgan fingerprint density at radius 3 is 2.17 bits per heavy atom. The molecule has 2 aromatic rings. The second-order valence-electron chi connectivity index (χ2n) is 7.53. The Morgan fingerprint density at radius 1 is 0.933 bits per heavy atom. The molecule has 7 heteroatoms. The van der Waals surface area contributed by atoms with Crippen molar-refractivity contribution >= 4 is 23.4 Å². The van der Waals surface area contributed by atoms with Crippen LogP contribution in [0.2, 0.25) is 0 Å². The molecule has 0 spiro atoms. The van der Waals surface area contributed by atoms with E-state index in [9.17, 15) is 14.4 Å². The zero-order chi connectivity index (χ0) is 21.3. The van der Waals surface area contributed by atoms with Gasteiger partial charge in [-0.2, -0.15) is 5.26 Å². The van der Waals surface area contributed by atoms with Crippen LogP contribution in [-0.2, 0) is 4.79 Å². The Bertz CT molecular complexity index is 1010. The Labute approximate surface area is 175 Å². The van der Waals surface area contributed by atoms with Crippen molar-refractivity contribution in [3.63, 3.8) is 0 Å². The number of fused-ring (bicyclic) bond motifs is 1. The summed E-state index contributed by atoms with van der Waals surface area (Å²) < 4.78 is 0. The molecule has 3 amide bonds. The number of nitriles is 1. The monoisotopic (exact) mass is 402 g/mol.